The number of para-hydroxylation sites is 1. The van der Waals surface area contributed by atoms with Crippen LogP contribution in [0.5, 0.6) is 0 Å². The third-order valence-corrected chi connectivity index (χ3v) is 2.99. The molecule has 1 aliphatic rings. The highest BCUT2D eigenvalue weighted by Crippen LogP contribution is 2.10. The summed E-state index contributed by atoms with van der Waals surface area (Å²) in [6, 6.07) is 11.1. The first kappa shape index (κ1) is 10.5. The fourth-order valence-electron chi connectivity index (χ4n) is 2.07. The Morgan fingerprint density at radius 3 is 2.87 bits per heavy atom. The van der Waals surface area contributed by atoms with E-state index in [4.69, 9.17) is 0 Å². The number of benzene rings is 1. The third kappa shape index (κ3) is 3.56. The quantitative estimate of drug-likeness (QED) is 0.791. The van der Waals surface area contributed by atoms with Crippen LogP contribution in [0.4, 0.5) is 5.69 Å². The van der Waals surface area contributed by atoms with E-state index in [1.807, 2.05) is 0 Å². The van der Waals surface area contributed by atoms with Crippen LogP contribution in [0.15, 0.2) is 30.3 Å². The molecular formula is C13H20N2. The lowest BCUT2D eigenvalue weighted by Gasteiger charge is -2.17. The van der Waals surface area contributed by atoms with E-state index in [0.29, 0.717) is 6.04 Å². The first-order valence-electron chi connectivity index (χ1n) is 5.97. The Bertz CT molecular complexity index is 263. The monoisotopic (exact) mass is 204 g/mol. The number of hydrogen-bond donors (Lipinski definition) is 2. The molecule has 0 aliphatic carbocycles. The Kier molecular flexibility index (Phi) is 4.03. The molecule has 15 heavy (non-hydrogen) atoms. The van der Waals surface area contributed by atoms with E-state index in [1.165, 1.54) is 37.9 Å². The van der Waals surface area contributed by atoms with E-state index in [0.717, 1.165) is 6.54 Å². The van der Waals surface area contributed by atoms with E-state index in [2.05, 4.69) is 41.0 Å². The van der Waals surface area contributed by atoms with Crippen molar-refractivity contribution in [3.8, 4) is 0 Å². The molecule has 2 nitrogen and oxygen atoms in total. The second-order valence-electron chi connectivity index (χ2n) is 4.25. The highest BCUT2D eigenvalue weighted by Gasteiger charge is 2.10. The zero-order valence-corrected chi connectivity index (χ0v) is 9.21. The Hall–Kier alpha value is -1.02. The molecule has 0 radical (unpaired) electrons. The van der Waals surface area contributed by atoms with Crippen LogP contribution in [0, 0.1) is 0 Å². The van der Waals surface area contributed by atoms with Crippen LogP contribution in [0.1, 0.15) is 25.7 Å². The van der Waals surface area contributed by atoms with Gasteiger partial charge >= 0.3 is 0 Å². The van der Waals surface area contributed by atoms with E-state index in [1.54, 1.807) is 0 Å². The average Bonchev–Trinajstić information content (AvgIpc) is 2.56. The summed E-state index contributed by atoms with van der Waals surface area (Å²) in [5.41, 5.74) is 1.23. The molecule has 1 unspecified atom stereocenters. The molecule has 82 valence electrons. The van der Waals surface area contributed by atoms with Crippen LogP contribution < -0.4 is 10.6 Å². The molecule has 0 aromatic heterocycles. The Morgan fingerprint density at radius 1 is 1.13 bits per heavy atom. The van der Waals surface area contributed by atoms with Crippen LogP contribution in [0.3, 0.4) is 0 Å². The minimum absolute atomic E-state index is 0.646. The topological polar surface area (TPSA) is 24.1 Å². The molecule has 1 heterocycles. The van der Waals surface area contributed by atoms with Crippen LogP contribution in [0.2, 0.25) is 0 Å². The van der Waals surface area contributed by atoms with Gasteiger partial charge in [0.2, 0.25) is 0 Å². The van der Waals surface area contributed by atoms with Crippen molar-refractivity contribution in [2.75, 3.05) is 18.4 Å². The van der Waals surface area contributed by atoms with Crippen LogP contribution in [0.25, 0.3) is 0 Å². The lowest BCUT2D eigenvalue weighted by molar-refractivity contribution is 0.530. The van der Waals surface area contributed by atoms with Crippen molar-refractivity contribution in [1.29, 1.82) is 0 Å². The van der Waals surface area contributed by atoms with Gasteiger partial charge in [-0.15, -0.1) is 0 Å². The standard InChI is InChI=1S/C13H20N2/c1-3-7-12(8-4-1)15-11-13-9-5-2-6-10-14-13/h1,3-4,7-8,13-15H,2,5-6,9-11H2. The average molecular weight is 204 g/mol. The molecule has 2 rings (SSSR count). The summed E-state index contributed by atoms with van der Waals surface area (Å²) in [6.07, 6.45) is 5.39. The minimum Gasteiger partial charge on any atom is -0.383 e. The van der Waals surface area contributed by atoms with Crippen molar-refractivity contribution >= 4 is 5.69 Å². The predicted octanol–water partition coefficient (Wildman–Crippen LogP) is 2.63. The summed E-state index contributed by atoms with van der Waals surface area (Å²) in [5, 5.41) is 7.07. The molecule has 0 bridgehead atoms. The number of nitrogens with one attached hydrogen (secondary N) is 2. The maximum atomic E-state index is 3.59. The summed E-state index contributed by atoms with van der Waals surface area (Å²) in [7, 11) is 0. The van der Waals surface area contributed by atoms with Crippen LogP contribution in [-0.4, -0.2) is 19.1 Å². The molecule has 0 amide bonds. The summed E-state index contributed by atoms with van der Waals surface area (Å²) < 4.78 is 0. The fraction of sp³-hybridized carbons (Fsp3) is 0.538. The van der Waals surface area contributed by atoms with Gasteiger partial charge in [-0.3, -0.25) is 0 Å². The lowest BCUT2D eigenvalue weighted by Crippen LogP contribution is -2.34. The number of rotatable bonds is 3. The van der Waals surface area contributed by atoms with Gasteiger partial charge in [0.05, 0.1) is 0 Å². The Balaban J connectivity index is 1.77. The second-order valence-corrected chi connectivity index (χ2v) is 4.25. The highest BCUT2D eigenvalue weighted by atomic mass is 15.0. The Labute approximate surface area is 92.1 Å². The lowest BCUT2D eigenvalue weighted by atomic mass is 10.1. The SMILES string of the molecule is c1ccc(NCC2CCCCCN2)cc1. The summed E-state index contributed by atoms with van der Waals surface area (Å²) >= 11 is 0. The summed E-state index contributed by atoms with van der Waals surface area (Å²) in [4.78, 5) is 0. The maximum absolute atomic E-state index is 3.59. The van der Waals surface area contributed by atoms with Gasteiger partial charge in [-0.05, 0) is 31.5 Å². The predicted molar refractivity (Wildman–Crippen MR) is 65.2 cm³/mol. The molecule has 1 saturated heterocycles. The van der Waals surface area contributed by atoms with Gasteiger partial charge < -0.3 is 10.6 Å². The van der Waals surface area contributed by atoms with Gasteiger partial charge in [0.25, 0.3) is 0 Å². The Morgan fingerprint density at radius 2 is 2.00 bits per heavy atom. The number of hydrogen-bond acceptors (Lipinski definition) is 2. The van der Waals surface area contributed by atoms with Crippen molar-refractivity contribution in [3.63, 3.8) is 0 Å². The van der Waals surface area contributed by atoms with Gasteiger partial charge in [0.1, 0.15) is 0 Å². The van der Waals surface area contributed by atoms with Crippen molar-refractivity contribution in [2.24, 2.45) is 0 Å². The van der Waals surface area contributed by atoms with Gasteiger partial charge in [0.15, 0.2) is 0 Å². The van der Waals surface area contributed by atoms with Crippen LogP contribution >= 0.6 is 0 Å². The highest BCUT2D eigenvalue weighted by molar-refractivity contribution is 5.42. The molecule has 0 spiro atoms. The van der Waals surface area contributed by atoms with Crippen LogP contribution in [-0.2, 0) is 0 Å². The molecule has 2 heteroatoms. The molecule has 0 saturated carbocycles. The molecular weight excluding hydrogens is 184 g/mol. The molecule has 1 aromatic carbocycles. The van der Waals surface area contributed by atoms with Gasteiger partial charge in [-0.1, -0.05) is 31.0 Å². The largest absolute Gasteiger partial charge is 0.383 e. The van der Waals surface area contributed by atoms with Gasteiger partial charge in [0, 0.05) is 18.3 Å². The minimum atomic E-state index is 0.646. The van der Waals surface area contributed by atoms with Crippen molar-refractivity contribution in [3.05, 3.63) is 30.3 Å². The van der Waals surface area contributed by atoms with Crippen molar-refractivity contribution in [1.82, 2.24) is 5.32 Å². The van der Waals surface area contributed by atoms with Gasteiger partial charge in [-0.25, -0.2) is 0 Å². The smallest absolute Gasteiger partial charge is 0.0340 e. The summed E-state index contributed by atoms with van der Waals surface area (Å²) in [6.45, 7) is 2.23. The maximum Gasteiger partial charge on any atom is 0.0340 e. The third-order valence-electron chi connectivity index (χ3n) is 2.99. The molecule has 1 aliphatic heterocycles. The van der Waals surface area contributed by atoms with Gasteiger partial charge in [-0.2, -0.15) is 0 Å². The molecule has 1 aromatic rings. The van der Waals surface area contributed by atoms with Crippen molar-refractivity contribution in [2.45, 2.75) is 31.7 Å². The van der Waals surface area contributed by atoms with E-state index >= 15 is 0 Å². The first-order chi connectivity index (χ1) is 7.45. The second kappa shape index (κ2) is 5.76. The van der Waals surface area contributed by atoms with E-state index in [-0.39, 0.29) is 0 Å². The normalized spacial score (nSPS) is 22.0. The first-order valence-corrected chi connectivity index (χ1v) is 5.97. The van der Waals surface area contributed by atoms with E-state index in [9.17, 15) is 0 Å². The summed E-state index contributed by atoms with van der Waals surface area (Å²) in [5.74, 6) is 0. The molecule has 1 fully saturated rings. The van der Waals surface area contributed by atoms with E-state index < -0.39 is 0 Å². The zero-order valence-electron chi connectivity index (χ0n) is 9.21. The fourth-order valence-corrected chi connectivity index (χ4v) is 2.07. The number of anilines is 1. The zero-order chi connectivity index (χ0) is 10.3. The molecule has 2 N–H and O–H groups in total. The van der Waals surface area contributed by atoms with Crippen molar-refractivity contribution < 1.29 is 0 Å². The molecule has 1 atom stereocenters.